The lowest BCUT2D eigenvalue weighted by molar-refractivity contribution is -0.172. The summed E-state index contributed by atoms with van der Waals surface area (Å²) in [6.07, 6.45) is -1.20. The molecule has 0 aliphatic rings. The number of carbonyl (C=O) groups excluding carboxylic acids is 1. The molecule has 0 aliphatic carbocycles. The highest BCUT2D eigenvalue weighted by Gasteiger charge is 2.10. The van der Waals surface area contributed by atoms with Crippen molar-refractivity contribution in [2.45, 2.75) is 20.1 Å². The highest BCUT2D eigenvalue weighted by atomic mass is 16.7. The van der Waals surface area contributed by atoms with Gasteiger partial charge in [-0.1, -0.05) is 6.58 Å². The second-order valence-electron chi connectivity index (χ2n) is 2.30. The third-order valence-electron chi connectivity index (χ3n) is 1.06. The average Bonchev–Trinajstić information content (AvgIpc) is 2.00. The molecule has 0 aromatic rings. The largest absolute Gasteiger partial charge is 0.430 e. The Morgan fingerprint density at radius 2 is 2.25 bits per heavy atom. The summed E-state index contributed by atoms with van der Waals surface area (Å²) in [5, 5.41) is 8.99. The maximum Gasteiger partial charge on any atom is 0.335 e. The van der Waals surface area contributed by atoms with Crippen LogP contribution in [0.2, 0.25) is 0 Å². The van der Waals surface area contributed by atoms with Crippen LogP contribution in [-0.2, 0) is 14.3 Å². The highest BCUT2D eigenvalue weighted by Crippen LogP contribution is 1.96. The fraction of sp³-hybridized carbons (Fsp3) is 0.625. The predicted octanol–water partition coefficient (Wildman–Crippen LogP) is 0.461. The van der Waals surface area contributed by atoms with E-state index in [1.165, 1.54) is 6.92 Å². The normalized spacial score (nSPS) is 12.2. The Labute approximate surface area is 71.8 Å². The molecular formula is C8H14O4. The van der Waals surface area contributed by atoms with E-state index < -0.39 is 12.3 Å². The van der Waals surface area contributed by atoms with Crippen molar-refractivity contribution < 1.29 is 19.4 Å². The van der Waals surface area contributed by atoms with Gasteiger partial charge in [-0.15, -0.1) is 0 Å². The van der Waals surface area contributed by atoms with Crippen molar-refractivity contribution in [1.82, 2.24) is 0 Å². The van der Waals surface area contributed by atoms with Gasteiger partial charge >= 0.3 is 5.97 Å². The van der Waals surface area contributed by atoms with Crippen LogP contribution in [0.3, 0.4) is 0 Å². The van der Waals surface area contributed by atoms with Gasteiger partial charge in [-0.05, 0) is 13.8 Å². The van der Waals surface area contributed by atoms with Gasteiger partial charge in [-0.25, -0.2) is 4.79 Å². The fourth-order valence-corrected chi connectivity index (χ4v) is 0.477. The van der Waals surface area contributed by atoms with E-state index in [0.29, 0.717) is 6.61 Å². The Bertz CT molecular complexity index is 164. The van der Waals surface area contributed by atoms with Gasteiger partial charge in [0.25, 0.3) is 0 Å². The zero-order chi connectivity index (χ0) is 9.56. The zero-order valence-corrected chi connectivity index (χ0v) is 7.37. The second kappa shape index (κ2) is 5.74. The first-order chi connectivity index (χ1) is 5.57. The van der Waals surface area contributed by atoms with Crippen LogP contribution >= 0.6 is 0 Å². The molecular weight excluding hydrogens is 160 g/mol. The number of hydrogen-bond acceptors (Lipinski definition) is 4. The van der Waals surface area contributed by atoms with Crippen molar-refractivity contribution in [1.29, 1.82) is 0 Å². The van der Waals surface area contributed by atoms with Gasteiger partial charge in [0.2, 0.25) is 6.29 Å². The summed E-state index contributed by atoms with van der Waals surface area (Å²) >= 11 is 0. The summed E-state index contributed by atoms with van der Waals surface area (Å²) in [4.78, 5) is 10.8. The molecule has 70 valence electrons. The lowest BCUT2D eigenvalue weighted by Crippen LogP contribution is -2.23. The van der Waals surface area contributed by atoms with E-state index in [1.54, 1.807) is 6.92 Å². The lowest BCUT2D eigenvalue weighted by Gasteiger charge is -2.11. The number of hydrogen-bond donors (Lipinski definition) is 1. The first kappa shape index (κ1) is 11.1. The van der Waals surface area contributed by atoms with Gasteiger partial charge < -0.3 is 14.6 Å². The number of ether oxygens (including phenoxy) is 2. The molecule has 0 spiro atoms. The number of carbonyl (C=O) groups is 1. The second-order valence-corrected chi connectivity index (χ2v) is 2.30. The number of aliphatic hydroxyl groups is 1. The summed E-state index contributed by atoms with van der Waals surface area (Å²) in [5.74, 6) is -0.609. The van der Waals surface area contributed by atoms with Crippen LogP contribution < -0.4 is 0 Å². The molecule has 0 aliphatic heterocycles. The molecule has 1 N–H and O–H groups in total. The van der Waals surface area contributed by atoms with Crippen molar-refractivity contribution in [3.63, 3.8) is 0 Å². The minimum Gasteiger partial charge on any atom is -0.430 e. The van der Waals surface area contributed by atoms with E-state index in [0.717, 1.165) is 0 Å². The predicted molar refractivity (Wildman–Crippen MR) is 43.4 cm³/mol. The minimum atomic E-state index is -1.20. The Balaban J connectivity index is 3.61. The molecule has 4 nitrogen and oxygen atoms in total. The first-order valence-electron chi connectivity index (χ1n) is 3.70. The molecule has 0 rings (SSSR count). The van der Waals surface area contributed by atoms with Gasteiger partial charge in [-0.2, -0.15) is 0 Å². The van der Waals surface area contributed by atoms with E-state index in [9.17, 15) is 4.79 Å². The van der Waals surface area contributed by atoms with E-state index in [2.05, 4.69) is 11.3 Å². The molecule has 12 heavy (non-hydrogen) atoms. The van der Waals surface area contributed by atoms with Gasteiger partial charge in [0.15, 0.2) is 0 Å². The Morgan fingerprint density at radius 3 is 2.67 bits per heavy atom. The SMILES string of the molecule is C=C(C)C(=O)OC(O)COCC. The standard InChI is InChI=1S/C8H14O4/c1-4-11-5-7(9)12-8(10)6(2)3/h7,9H,2,4-5H2,1,3H3. The molecule has 1 unspecified atom stereocenters. The molecule has 0 amide bonds. The summed E-state index contributed by atoms with van der Waals surface area (Å²) in [7, 11) is 0. The topological polar surface area (TPSA) is 55.8 Å². The zero-order valence-electron chi connectivity index (χ0n) is 7.37. The van der Waals surface area contributed by atoms with Gasteiger partial charge in [-0.3, -0.25) is 0 Å². The third-order valence-corrected chi connectivity index (χ3v) is 1.06. The van der Waals surface area contributed by atoms with Crippen LogP contribution in [0, 0.1) is 0 Å². The maximum atomic E-state index is 10.8. The quantitative estimate of drug-likeness (QED) is 0.374. The molecule has 0 aromatic carbocycles. The molecule has 0 bridgehead atoms. The van der Waals surface area contributed by atoms with Crippen LogP contribution in [0.1, 0.15) is 13.8 Å². The number of aliphatic hydroxyl groups excluding tert-OH is 1. The van der Waals surface area contributed by atoms with Crippen LogP contribution in [0.4, 0.5) is 0 Å². The summed E-state index contributed by atoms with van der Waals surface area (Å²) < 4.78 is 9.32. The fourth-order valence-electron chi connectivity index (χ4n) is 0.477. The van der Waals surface area contributed by atoms with Crippen molar-refractivity contribution in [2.75, 3.05) is 13.2 Å². The molecule has 0 saturated carbocycles. The van der Waals surface area contributed by atoms with E-state index in [1.807, 2.05) is 0 Å². The molecule has 0 radical (unpaired) electrons. The minimum absolute atomic E-state index is 0.00444. The highest BCUT2D eigenvalue weighted by molar-refractivity contribution is 5.86. The maximum absolute atomic E-state index is 10.8. The van der Waals surface area contributed by atoms with Crippen LogP contribution in [0.25, 0.3) is 0 Å². The summed E-state index contributed by atoms with van der Waals surface area (Å²) in [6.45, 7) is 7.13. The molecule has 0 fully saturated rings. The summed E-state index contributed by atoms with van der Waals surface area (Å²) in [6, 6.07) is 0. The van der Waals surface area contributed by atoms with Crippen LogP contribution in [0.15, 0.2) is 12.2 Å². The lowest BCUT2D eigenvalue weighted by atomic mass is 10.4. The van der Waals surface area contributed by atoms with E-state index in [4.69, 9.17) is 9.84 Å². The Morgan fingerprint density at radius 1 is 1.67 bits per heavy atom. The van der Waals surface area contributed by atoms with E-state index in [-0.39, 0.29) is 12.2 Å². The first-order valence-corrected chi connectivity index (χ1v) is 3.70. The molecule has 0 saturated heterocycles. The monoisotopic (exact) mass is 174 g/mol. The van der Waals surface area contributed by atoms with Gasteiger partial charge in [0.05, 0.1) is 0 Å². The third kappa shape index (κ3) is 4.87. The number of rotatable bonds is 5. The van der Waals surface area contributed by atoms with Crippen LogP contribution in [0.5, 0.6) is 0 Å². The summed E-state index contributed by atoms with van der Waals surface area (Å²) in [5.41, 5.74) is 0.255. The Hall–Kier alpha value is -0.870. The van der Waals surface area contributed by atoms with Crippen molar-refractivity contribution >= 4 is 5.97 Å². The van der Waals surface area contributed by atoms with Crippen molar-refractivity contribution in [3.8, 4) is 0 Å². The molecule has 0 heterocycles. The van der Waals surface area contributed by atoms with Crippen molar-refractivity contribution in [3.05, 3.63) is 12.2 Å². The van der Waals surface area contributed by atoms with Crippen LogP contribution in [-0.4, -0.2) is 30.6 Å². The van der Waals surface area contributed by atoms with Gasteiger partial charge in [0, 0.05) is 12.2 Å². The van der Waals surface area contributed by atoms with E-state index >= 15 is 0 Å². The number of esters is 1. The molecule has 4 heteroatoms. The average molecular weight is 174 g/mol. The van der Waals surface area contributed by atoms with Gasteiger partial charge in [0.1, 0.15) is 6.61 Å². The smallest absolute Gasteiger partial charge is 0.335 e. The van der Waals surface area contributed by atoms with Crippen molar-refractivity contribution in [2.24, 2.45) is 0 Å². The molecule has 0 aromatic heterocycles. The Kier molecular flexibility index (Phi) is 5.32. The molecule has 1 atom stereocenters.